The summed E-state index contributed by atoms with van der Waals surface area (Å²) >= 11 is 1.50. The van der Waals surface area contributed by atoms with E-state index >= 15 is 0 Å². The summed E-state index contributed by atoms with van der Waals surface area (Å²) in [6.07, 6.45) is -1.99. The van der Waals surface area contributed by atoms with Crippen LogP contribution in [-0.2, 0) is 23.8 Å². The number of carbonyl (C=O) groups excluding carboxylic acids is 2. The molecule has 2 rings (SSSR count). The van der Waals surface area contributed by atoms with Crippen molar-refractivity contribution < 1.29 is 28.9 Å². The van der Waals surface area contributed by atoms with Gasteiger partial charge in [-0.1, -0.05) is 18.2 Å². The summed E-state index contributed by atoms with van der Waals surface area (Å²) < 4.78 is 15.8. The Hall–Kier alpha value is -1.57. The second-order valence-corrected chi connectivity index (χ2v) is 6.52. The molecule has 0 unspecified atom stereocenters. The van der Waals surface area contributed by atoms with Gasteiger partial charge in [-0.25, -0.2) is 0 Å². The average Bonchev–Trinajstić information content (AvgIpc) is 2.48. The average molecular weight is 340 g/mol. The van der Waals surface area contributed by atoms with Crippen molar-refractivity contribution in [2.24, 2.45) is 0 Å². The summed E-state index contributed by atoms with van der Waals surface area (Å²) in [6, 6.07) is 9.62. The van der Waals surface area contributed by atoms with Gasteiger partial charge in [-0.2, -0.15) is 0 Å². The summed E-state index contributed by atoms with van der Waals surface area (Å²) in [6.45, 7) is 2.53. The van der Waals surface area contributed by atoms with Gasteiger partial charge in [-0.15, -0.1) is 11.8 Å². The molecule has 0 aromatic heterocycles. The highest BCUT2D eigenvalue weighted by atomic mass is 32.2. The molecule has 1 aromatic carbocycles. The monoisotopic (exact) mass is 340 g/mol. The summed E-state index contributed by atoms with van der Waals surface area (Å²) in [4.78, 5) is 23.4. The molecule has 1 N–H and O–H groups in total. The molecule has 0 aliphatic carbocycles. The number of rotatable bonds is 5. The zero-order chi connectivity index (χ0) is 16.8. The standard InChI is InChI=1S/C16H20O6S/c1-10(17)20-9-13-16(21-11(2)18)14(8-15(19)22-13)23-12-6-4-3-5-7-12/h3-7,13-16,19H,8-9H2,1-2H3/t13-,14-,15+,16-/m1/s1. The van der Waals surface area contributed by atoms with Crippen molar-refractivity contribution in [1.82, 2.24) is 0 Å². The minimum absolute atomic E-state index is 0.0732. The molecule has 126 valence electrons. The fourth-order valence-electron chi connectivity index (χ4n) is 2.37. The van der Waals surface area contributed by atoms with E-state index in [1.54, 1.807) is 0 Å². The Morgan fingerprint density at radius 2 is 1.96 bits per heavy atom. The quantitative estimate of drug-likeness (QED) is 0.818. The summed E-state index contributed by atoms with van der Waals surface area (Å²) in [5, 5.41) is 9.73. The predicted molar refractivity (Wildman–Crippen MR) is 83.8 cm³/mol. The van der Waals surface area contributed by atoms with Crippen LogP contribution in [-0.4, -0.2) is 47.4 Å². The van der Waals surface area contributed by atoms with Crippen LogP contribution >= 0.6 is 11.8 Å². The maximum Gasteiger partial charge on any atom is 0.303 e. The van der Waals surface area contributed by atoms with Crippen LogP contribution in [0, 0.1) is 0 Å². The third kappa shape index (κ3) is 5.53. The van der Waals surface area contributed by atoms with Crippen molar-refractivity contribution in [1.29, 1.82) is 0 Å². The third-order valence-corrected chi connectivity index (χ3v) is 4.59. The van der Waals surface area contributed by atoms with E-state index in [4.69, 9.17) is 14.2 Å². The van der Waals surface area contributed by atoms with Gasteiger partial charge < -0.3 is 19.3 Å². The van der Waals surface area contributed by atoms with Crippen LogP contribution < -0.4 is 0 Å². The fourth-order valence-corrected chi connectivity index (χ4v) is 3.66. The highest BCUT2D eigenvalue weighted by Crippen LogP contribution is 2.35. The molecule has 1 aliphatic heterocycles. The summed E-state index contributed by atoms with van der Waals surface area (Å²) in [5.74, 6) is -0.899. The van der Waals surface area contributed by atoms with Gasteiger partial charge in [-0.05, 0) is 12.1 Å². The second kappa shape index (κ2) is 8.33. The predicted octanol–water partition coefficient (Wildman–Crippen LogP) is 1.75. The molecule has 1 fully saturated rings. The molecule has 1 aromatic rings. The number of carbonyl (C=O) groups is 2. The second-order valence-electron chi connectivity index (χ2n) is 5.21. The van der Waals surface area contributed by atoms with Crippen LogP contribution in [0.15, 0.2) is 35.2 Å². The molecule has 7 heteroatoms. The minimum Gasteiger partial charge on any atom is -0.463 e. The third-order valence-electron chi connectivity index (χ3n) is 3.28. The van der Waals surface area contributed by atoms with Gasteiger partial charge in [0.2, 0.25) is 0 Å². The van der Waals surface area contributed by atoms with E-state index in [1.165, 1.54) is 25.6 Å². The van der Waals surface area contributed by atoms with E-state index in [9.17, 15) is 14.7 Å². The van der Waals surface area contributed by atoms with Crippen LogP contribution in [0.25, 0.3) is 0 Å². The lowest BCUT2D eigenvalue weighted by Crippen LogP contribution is -2.51. The Kier molecular flexibility index (Phi) is 6.44. The first kappa shape index (κ1) is 17.8. The topological polar surface area (TPSA) is 82.1 Å². The van der Waals surface area contributed by atoms with Gasteiger partial charge in [0.25, 0.3) is 0 Å². The van der Waals surface area contributed by atoms with Crippen molar-refractivity contribution in [3.05, 3.63) is 30.3 Å². The van der Waals surface area contributed by atoms with Crippen molar-refractivity contribution in [2.45, 2.75) is 48.9 Å². The molecule has 0 radical (unpaired) electrons. The van der Waals surface area contributed by atoms with E-state index in [-0.39, 0.29) is 11.9 Å². The Labute approximate surface area is 139 Å². The molecule has 0 saturated carbocycles. The first-order valence-corrected chi connectivity index (χ1v) is 8.19. The van der Waals surface area contributed by atoms with E-state index in [0.717, 1.165) is 4.90 Å². The molecular weight excluding hydrogens is 320 g/mol. The highest BCUT2D eigenvalue weighted by molar-refractivity contribution is 8.00. The van der Waals surface area contributed by atoms with E-state index in [2.05, 4.69) is 0 Å². The summed E-state index contributed by atoms with van der Waals surface area (Å²) in [7, 11) is 0. The molecule has 23 heavy (non-hydrogen) atoms. The molecule has 6 nitrogen and oxygen atoms in total. The largest absolute Gasteiger partial charge is 0.463 e. The van der Waals surface area contributed by atoms with E-state index < -0.39 is 30.4 Å². The Morgan fingerprint density at radius 3 is 2.57 bits per heavy atom. The van der Waals surface area contributed by atoms with Crippen LogP contribution in [0.3, 0.4) is 0 Å². The number of esters is 2. The molecule has 1 heterocycles. The molecule has 0 spiro atoms. The maximum absolute atomic E-state index is 11.4. The Morgan fingerprint density at radius 1 is 1.26 bits per heavy atom. The Bertz CT molecular complexity index is 535. The number of benzene rings is 1. The van der Waals surface area contributed by atoms with Crippen LogP contribution in [0.2, 0.25) is 0 Å². The normalized spacial score (nSPS) is 27.3. The van der Waals surface area contributed by atoms with Crippen LogP contribution in [0.4, 0.5) is 0 Å². The van der Waals surface area contributed by atoms with Gasteiger partial charge >= 0.3 is 11.9 Å². The molecule has 0 bridgehead atoms. The van der Waals surface area contributed by atoms with E-state index in [1.807, 2.05) is 30.3 Å². The number of thioether (sulfide) groups is 1. The molecule has 1 aliphatic rings. The van der Waals surface area contributed by atoms with Crippen molar-refractivity contribution in [2.75, 3.05) is 6.61 Å². The van der Waals surface area contributed by atoms with Crippen LogP contribution in [0.5, 0.6) is 0 Å². The zero-order valence-electron chi connectivity index (χ0n) is 13.0. The first-order valence-electron chi connectivity index (χ1n) is 7.31. The van der Waals surface area contributed by atoms with Gasteiger partial charge in [0.1, 0.15) is 18.8 Å². The molecular formula is C16H20O6S. The minimum atomic E-state index is -0.997. The van der Waals surface area contributed by atoms with Crippen LogP contribution in [0.1, 0.15) is 20.3 Å². The smallest absolute Gasteiger partial charge is 0.303 e. The summed E-state index contributed by atoms with van der Waals surface area (Å²) in [5.41, 5.74) is 0. The highest BCUT2D eigenvalue weighted by Gasteiger charge is 2.41. The lowest BCUT2D eigenvalue weighted by molar-refractivity contribution is -0.218. The van der Waals surface area contributed by atoms with Crippen molar-refractivity contribution in [3.63, 3.8) is 0 Å². The number of hydrogen-bond donors (Lipinski definition) is 1. The number of aliphatic hydroxyl groups excluding tert-OH is 1. The maximum atomic E-state index is 11.4. The molecule has 1 saturated heterocycles. The zero-order valence-corrected chi connectivity index (χ0v) is 13.8. The van der Waals surface area contributed by atoms with Crippen molar-refractivity contribution in [3.8, 4) is 0 Å². The van der Waals surface area contributed by atoms with Gasteiger partial charge in [-0.3, -0.25) is 9.59 Å². The SMILES string of the molecule is CC(=O)OC[C@H]1O[C@H](O)C[C@@H](Sc2ccccc2)[C@@H]1OC(C)=O. The number of ether oxygens (including phenoxy) is 3. The Balaban J connectivity index is 2.14. The number of aliphatic hydroxyl groups is 1. The lowest BCUT2D eigenvalue weighted by atomic mass is 10.0. The first-order chi connectivity index (χ1) is 11.0. The molecule has 4 atom stereocenters. The lowest BCUT2D eigenvalue weighted by Gasteiger charge is -2.38. The fraction of sp³-hybridized carbons (Fsp3) is 0.500. The van der Waals surface area contributed by atoms with Gasteiger partial charge in [0.15, 0.2) is 6.29 Å². The molecule has 0 amide bonds. The van der Waals surface area contributed by atoms with E-state index in [0.29, 0.717) is 6.42 Å². The number of hydrogen-bond acceptors (Lipinski definition) is 7. The van der Waals surface area contributed by atoms with Gasteiger partial charge in [0.05, 0.1) is 5.25 Å². The van der Waals surface area contributed by atoms with Crippen molar-refractivity contribution >= 4 is 23.7 Å². The van der Waals surface area contributed by atoms with Gasteiger partial charge in [0, 0.05) is 25.2 Å².